The van der Waals surface area contributed by atoms with Crippen LogP contribution in [0.2, 0.25) is 0 Å². The van der Waals surface area contributed by atoms with E-state index in [1.165, 1.54) is 0 Å². The van der Waals surface area contributed by atoms with Gasteiger partial charge in [0.2, 0.25) is 0 Å². The molecule has 92 valence electrons. The Labute approximate surface area is 100 Å². The summed E-state index contributed by atoms with van der Waals surface area (Å²) in [6.45, 7) is 4.74. The van der Waals surface area contributed by atoms with Crippen LogP contribution in [-0.2, 0) is 0 Å². The zero-order chi connectivity index (χ0) is 12.6. The zero-order valence-corrected chi connectivity index (χ0v) is 10.1. The Hall–Kier alpha value is -1.62. The largest absolute Gasteiger partial charge is 0.362 e. The van der Waals surface area contributed by atoms with Crippen LogP contribution in [0.15, 0.2) is 18.2 Å². The number of nitro groups is 1. The van der Waals surface area contributed by atoms with E-state index in [-0.39, 0.29) is 22.7 Å². The second-order valence-electron chi connectivity index (χ2n) is 4.64. The maximum Gasteiger partial charge on any atom is 0.292 e. The molecule has 1 heterocycles. The van der Waals surface area contributed by atoms with Gasteiger partial charge in [-0.1, -0.05) is 6.07 Å². The van der Waals surface area contributed by atoms with Crippen LogP contribution >= 0.6 is 0 Å². The van der Waals surface area contributed by atoms with Crippen molar-refractivity contribution in [2.75, 3.05) is 11.4 Å². The molecule has 5 heteroatoms. The van der Waals surface area contributed by atoms with Gasteiger partial charge in [-0.05, 0) is 31.9 Å². The predicted octanol–water partition coefficient (Wildman–Crippen LogP) is 1.83. The summed E-state index contributed by atoms with van der Waals surface area (Å²) in [7, 11) is 0. The SMILES string of the molecule is Cc1ccc([N+](=O)[O-])c(N2CCC(N)C2C)c1. The maximum absolute atomic E-state index is 11.0. The van der Waals surface area contributed by atoms with E-state index in [0.717, 1.165) is 18.5 Å². The molecule has 0 saturated carbocycles. The molecule has 0 amide bonds. The van der Waals surface area contributed by atoms with Crippen molar-refractivity contribution >= 4 is 11.4 Å². The molecule has 1 aromatic rings. The Morgan fingerprint density at radius 1 is 1.53 bits per heavy atom. The molecule has 2 rings (SSSR count). The summed E-state index contributed by atoms with van der Waals surface area (Å²) in [6, 6.07) is 5.45. The highest BCUT2D eigenvalue weighted by molar-refractivity contribution is 5.65. The molecular weight excluding hydrogens is 218 g/mol. The Bertz CT molecular complexity index is 447. The minimum atomic E-state index is -0.328. The van der Waals surface area contributed by atoms with Crippen molar-refractivity contribution in [3.63, 3.8) is 0 Å². The molecule has 0 bridgehead atoms. The summed E-state index contributed by atoms with van der Waals surface area (Å²) in [4.78, 5) is 12.7. The molecule has 0 aliphatic carbocycles. The average Bonchev–Trinajstić information content (AvgIpc) is 2.59. The van der Waals surface area contributed by atoms with Gasteiger partial charge >= 0.3 is 0 Å². The van der Waals surface area contributed by atoms with Crippen molar-refractivity contribution in [1.82, 2.24) is 0 Å². The number of aryl methyl sites for hydroxylation is 1. The van der Waals surface area contributed by atoms with E-state index in [4.69, 9.17) is 5.73 Å². The second-order valence-corrected chi connectivity index (χ2v) is 4.64. The van der Waals surface area contributed by atoms with Crippen molar-refractivity contribution in [2.24, 2.45) is 5.73 Å². The van der Waals surface area contributed by atoms with Crippen LogP contribution < -0.4 is 10.6 Å². The van der Waals surface area contributed by atoms with Gasteiger partial charge in [0.25, 0.3) is 5.69 Å². The van der Waals surface area contributed by atoms with E-state index in [0.29, 0.717) is 5.69 Å². The van der Waals surface area contributed by atoms with E-state index < -0.39 is 0 Å². The second kappa shape index (κ2) is 4.33. The molecule has 1 aromatic carbocycles. The minimum Gasteiger partial charge on any atom is -0.362 e. The van der Waals surface area contributed by atoms with Crippen molar-refractivity contribution < 1.29 is 4.92 Å². The van der Waals surface area contributed by atoms with Crippen LogP contribution in [0.4, 0.5) is 11.4 Å². The summed E-state index contributed by atoms with van der Waals surface area (Å²) in [6.07, 6.45) is 0.881. The van der Waals surface area contributed by atoms with Crippen LogP contribution in [-0.4, -0.2) is 23.6 Å². The Kier molecular flexibility index (Phi) is 3.02. The standard InChI is InChI=1S/C12H17N3O2/c1-8-3-4-11(15(16)17)12(7-8)14-6-5-10(13)9(14)2/h3-4,7,9-10H,5-6,13H2,1-2H3. The topological polar surface area (TPSA) is 72.4 Å². The number of nitrogens with zero attached hydrogens (tertiary/aromatic N) is 2. The number of anilines is 1. The summed E-state index contributed by atoms with van der Waals surface area (Å²) in [5.74, 6) is 0. The van der Waals surface area contributed by atoms with Gasteiger partial charge in [0, 0.05) is 24.7 Å². The lowest BCUT2D eigenvalue weighted by atomic mass is 10.1. The first-order valence-corrected chi connectivity index (χ1v) is 5.78. The van der Waals surface area contributed by atoms with Crippen LogP contribution in [0.25, 0.3) is 0 Å². The quantitative estimate of drug-likeness (QED) is 0.627. The van der Waals surface area contributed by atoms with Gasteiger partial charge in [0.1, 0.15) is 5.69 Å². The lowest BCUT2D eigenvalue weighted by Gasteiger charge is -2.25. The monoisotopic (exact) mass is 235 g/mol. The fraction of sp³-hybridized carbons (Fsp3) is 0.500. The fourth-order valence-electron chi connectivity index (χ4n) is 2.32. The molecule has 0 aromatic heterocycles. The number of hydrogen-bond acceptors (Lipinski definition) is 4. The van der Waals surface area contributed by atoms with Crippen molar-refractivity contribution in [3.8, 4) is 0 Å². The molecule has 2 atom stereocenters. The van der Waals surface area contributed by atoms with Crippen molar-refractivity contribution in [3.05, 3.63) is 33.9 Å². The number of hydrogen-bond donors (Lipinski definition) is 1. The highest BCUT2D eigenvalue weighted by Gasteiger charge is 2.31. The molecule has 1 fully saturated rings. The highest BCUT2D eigenvalue weighted by atomic mass is 16.6. The third-order valence-corrected chi connectivity index (χ3v) is 3.45. The normalized spacial score (nSPS) is 24.1. The van der Waals surface area contributed by atoms with Gasteiger partial charge in [-0.25, -0.2) is 0 Å². The van der Waals surface area contributed by atoms with E-state index in [2.05, 4.69) is 0 Å². The van der Waals surface area contributed by atoms with Crippen LogP contribution in [0.1, 0.15) is 18.9 Å². The summed E-state index contributed by atoms with van der Waals surface area (Å²) in [5.41, 5.74) is 7.84. The molecule has 2 N–H and O–H groups in total. The van der Waals surface area contributed by atoms with Gasteiger partial charge in [0.15, 0.2) is 0 Å². The van der Waals surface area contributed by atoms with Gasteiger partial charge in [-0.15, -0.1) is 0 Å². The third kappa shape index (κ3) is 2.10. The number of nitrogens with two attached hydrogens (primary N) is 1. The van der Waals surface area contributed by atoms with Gasteiger partial charge in [-0.3, -0.25) is 10.1 Å². The first-order valence-electron chi connectivity index (χ1n) is 5.78. The van der Waals surface area contributed by atoms with Gasteiger partial charge in [0.05, 0.1) is 4.92 Å². The molecular formula is C12H17N3O2. The minimum absolute atomic E-state index is 0.0927. The molecule has 1 aliphatic rings. The maximum atomic E-state index is 11.0. The van der Waals surface area contributed by atoms with E-state index in [9.17, 15) is 10.1 Å². The average molecular weight is 235 g/mol. The predicted molar refractivity (Wildman–Crippen MR) is 67.2 cm³/mol. The summed E-state index contributed by atoms with van der Waals surface area (Å²) >= 11 is 0. The highest BCUT2D eigenvalue weighted by Crippen LogP contribution is 2.33. The summed E-state index contributed by atoms with van der Waals surface area (Å²) in [5, 5.41) is 11.0. The first kappa shape index (κ1) is 11.9. The third-order valence-electron chi connectivity index (χ3n) is 3.45. The molecule has 2 unspecified atom stereocenters. The molecule has 5 nitrogen and oxygen atoms in total. The lowest BCUT2D eigenvalue weighted by Crippen LogP contribution is -2.37. The van der Waals surface area contributed by atoms with E-state index >= 15 is 0 Å². The van der Waals surface area contributed by atoms with Crippen molar-refractivity contribution in [2.45, 2.75) is 32.4 Å². The molecule has 17 heavy (non-hydrogen) atoms. The van der Waals surface area contributed by atoms with Crippen LogP contribution in [0.5, 0.6) is 0 Å². The van der Waals surface area contributed by atoms with E-state index in [1.807, 2.05) is 24.8 Å². The number of nitro benzene ring substituents is 1. The number of rotatable bonds is 2. The summed E-state index contributed by atoms with van der Waals surface area (Å²) < 4.78 is 0. The van der Waals surface area contributed by atoms with Gasteiger partial charge < -0.3 is 10.6 Å². The zero-order valence-electron chi connectivity index (χ0n) is 10.1. The van der Waals surface area contributed by atoms with Crippen LogP contribution in [0.3, 0.4) is 0 Å². The Balaban J connectivity index is 2.43. The van der Waals surface area contributed by atoms with Gasteiger partial charge in [-0.2, -0.15) is 0 Å². The lowest BCUT2D eigenvalue weighted by molar-refractivity contribution is -0.384. The first-order chi connectivity index (χ1) is 8.00. The van der Waals surface area contributed by atoms with Crippen molar-refractivity contribution in [1.29, 1.82) is 0 Å². The fourth-order valence-corrected chi connectivity index (χ4v) is 2.32. The van der Waals surface area contributed by atoms with Crippen LogP contribution in [0, 0.1) is 17.0 Å². The smallest absolute Gasteiger partial charge is 0.292 e. The molecule has 1 aliphatic heterocycles. The molecule has 0 radical (unpaired) electrons. The molecule has 1 saturated heterocycles. The van der Waals surface area contributed by atoms with E-state index in [1.54, 1.807) is 12.1 Å². The number of benzene rings is 1. The Morgan fingerprint density at radius 2 is 2.24 bits per heavy atom. The molecule has 0 spiro atoms. The Morgan fingerprint density at radius 3 is 2.76 bits per heavy atom.